The van der Waals surface area contributed by atoms with Crippen LogP contribution in [0.2, 0.25) is 0 Å². The summed E-state index contributed by atoms with van der Waals surface area (Å²) >= 11 is 5.26. The molecule has 0 atom stereocenters. The first kappa shape index (κ1) is 14.4. The first-order valence-corrected chi connectivity index (χ1v) is 6.62. The van der Waals surface area contributed by atoms with Crippen LogP contribution in [0.15, 0.2) is 36.4 Å². The summed E-state index contributed by atoms with van der Waals surface area (Å²) < 4.78 is 1.99. The maximum Gasteiger partial charge on any atom is 0.255 e. The number of hydrogen-bond acceptors (Lipinski definition) is 4. The zero-order valence-corrected chi connectivity index (χ0v) is 12.0. The Bertz CT molecular complexity index is 667. The van der Waals surface area contributed by atoms with Gasteiger partial charge in [-0.15, -0.1) is 0 Å². The first-order chi connectivity index (χ1) is 9.60. The molecular weight excluding hydrogens is 272 g/mol. The van der Waals surface area contributed by atoms with Crippen molar-refractivity contribution in [2.24, 2.45) is 5.84 Å². The molecule has 0 saturated carbocycles. The molecule has 1 aromatic carbocycles. The van der Waals surface area contributed by atoms with Crippen molar-refractivity contribution in [3.63, 3.8) is 0 Å². The van der Waals surface area contributed by atoms with E-state index in [1.165, 1.54) is 10.2 Å². The summed E-state index contributed by atoms with van der Waals surface area (Å²) in [5.41, 5.74) is 5.18. The fraction of sp³-hybridized carbons (Fsp3) is 0.214. The molecule has 3 N–H and O–H groups in total. The molecule has 0 aliphatic heterocycles. The smallest absolute Gasteiger partial charge is 0.255 e. The molecule has 5 nitrogen and oxygen atoms in total. The van der Waals surface area contributed by atoms with Gasteiger partial charge in [0, 0.05) is 0 Å². The summed E-state index contributed by atoms with van der Waals surface area (Å²) in [5, 5.41) is 4.35. The zero-order valence-electron chi connectivity index (χ0n) is 11.2. The van der Waals surface area contributed by atoms with Gasteiger partial charge in [0.2, 0.25) is 0 Å². The SMILES string of the molecule is Cc1nn(CC(=O)NN)c(=S)cc1Cc1ccccc1. The van der Waals surface area contributed by atoms with Crippen LogP contribution in [-0.4, -0.2) is 15.7 Å². The number of carbonyl (C=O) groups excluding carboxylic acids is 1. The molecule has 20 heavy (non-hydrogen) atoms. The number of carbonyl (C=O) groups is 1. The number of benzene rings is 1. The van der Waals surface area contributed by atoms with Gasteiger partial charge in [-0.05, 0) is 30.5 Å². The summed E-state index contributed by atoms with van der Waals surface area (Å²) in [7, 11) is 0. The van der Waals surface area contributed by atoms with Crippen LogP contribution in [0.25, 0.3) is 0 Å². The first-order valence-electron chi connectivity index (χ1n) is 6.21. The molecule has 104 valence electrons. The van der Waals surface area contributed by atoms with Crippen LogP contribution < -0.4 is 11.3 Å². The minimum atomic E-state index is -0.330. The second-order valence-corrected chi connectivity index (χ2v) is 4.90. The number of aryl methyl sites for hydroxylation is 1. The van der Waals surface area contributed by atoms with Gasteiger partial charge in [0.05, 0.1) is 5.69 Å². The highest BCUT2D eigenvalue weighted by Gasteiger charge is 2.07. The van der Waals surface area contributed by atoms with Crippen molar-refractivity contribution in [3.8, 4) is 0 Å². The van der Waals surface area contributed by atoms with Gasteiger partial charge in [-0.3, -0.25) is 10.2 Å². The monoisotopic (exact) mass is 288 g/mol. The van der Waals surface area contributed by atoms with Gasteiger partial charge in [0.15, 0.2) is 0 Å². The highest BCUT2D eigenvalue weighted by atomic mass is 32.1. The van der Waals surface area contributed by atoms with Crippen molar-refractivity contribution in [1.82, 2.24) is 15.2 Å². The second-order valence-electron chi connectivity index (χ2n) is 4.48. The van der Waals surface area contributed by atoms with Crippen molar-refractivity contribution in [1.29, 1.82) is 0 Å². The highest BCUT2D eigenvalue weighted by Crippen LogP contribution is 2.12. The number of hydrazine groups is 1. The maximum absolute atomic E-state index is 11.3. The predicted molar refractivity (Wildman–Crippen MR) is 79.4 cm³/mol. The van der Waals surface area contributed by atoms with Gasteiger partial charge in [-0.25, -0.2) is 10.5 Å². The number of nitrogens with one attached hydrogen (secondary N) is 1. The Hall–Kier alpha value is -2.05. The summed E-state index contributed by atoms with van der Waals surface area (Å²) in [4.78, 5) is 11.3. The van der Waals surface area contributed by atoms with Gasteiger partial charge in [-0.2, -0.15) is 5.10 Å². The van der Waals surface area contributed by atoms with Crippen molar-refractivity contribution in [3.05, 3.63) is 57.9 Å². The molecule has 0 unspecified atom stereocenters. The molecule has 0 aliphatic rings. The Kier molecular flexibility index (Phi) is 4.60. The lowest BCUT2D eigenvalue weighted by atomic mass is 10.0. The van der Waals surface area contributed by atoms with Crippen LogP contribution in [0.3, 0.4) is 0 Å². The van der Waals surface area contributed by atoms with Crippen LogP contribution in [-0.2, 0) is 17.8 Å². The van der Waals surface area contributed by atoms with Gasteiger partial charge < -0.3 is 0 Å². The third kappa shape index (κ3) is 3.49. The highest BCUT2D eigenvalue weighted by molar-refractivity contribution is 7.71. The molecule has 0 saturated heterocycles. The molecule has 0 fully saturated rings. The van der Waals surface area contributed by atoms with E-state index >= 15 is 0 Å². The number of rotatable bonds is 4. The maximum atomic E-state index is 11.3. The van der Waals surface area contributed by atoms with Gasteiger partial charge in [-0.1, -0.05) is 42.5 Å². The third-order valence-electron chi connectivity index (χ3n) is 2.98. The molecule has 1 heterocycles. The molecule has 0 aliphatic carbocycles. The van der Waals surface area contributed by atoms with Gasteiger partial charge >= 0.3 is 0 Å². The average molecular weight is 288 g/mol. The van der Waals surface area contributed by atoms with E-state index in [1.54, 1.807) is 0 Å². The van der Waals surface area contributed by atoms with E-state index in [-0.39, 0.29) is 12.5 Å². The minimum Gasteiger partial charge on any atom is -0.293 e. The number of aromatic nitrogens is 2. The summed E-state index contributed by atoms with van der Waals surface area (Å²) in [5.74, 6) is 4.74. The lowest BCUT2D eigenvalue weighted by molar-refractivity contribution is -0.121. The summed E-state index contributed by atoms with van der Waals surface area (Å²) in [6.45, 7) is 1.94. The molecule has 1 aromatic heterocycles. The quantitative estimate of drug-likeness (QED) is 0.387. The largest absolute Gasteiger partial charge is 0.293 e. The van der Waals surface area contributed by atoms with E-state index in [0.29, 0.717) is 4.64 Å². The normalized spacial score (nSPS) is 10.3. The molecule has 0 bridgehead atoms. The standard InChI is InChI=1S/C14H16N4OS/c1-10-12(7-11-5-3-2-4-6-11)8-14(20)18(17-10)9-13(19)16-15/h2-6,8H,7,9,15H2,1H3,(H,16,19). The van der Waals surface area contributed by atoms with E-state index in [2.05, 4.69) is 22.7 Å². The molecule has 1 amide bonds. The van der Waals surface area contributed by atoms with Crippen LogP contribution >= 0.6 is 12.2 Å². The summed E-state index contributed by atoms with van der Waals surface area (Å²) in [6.07, 6.45) is 0.771. The van der Waals surface area contributed by atoms with E-state index < -0.39 is 0 Å². The molecular formula is C14H16N4OS. The molecule has 0 spiro atoms. The van der Waals surface area contributed by atoms with Gasteiger partial charge in [0.25, 0.3) is 5.91 Å². The number of hydrogen-bond donors (Lipinski definition) is 2. The molecule has 2 aromatic rings. The summed E-state index contributed by atoms with van der Waals surface area (Å²) in [6, 6.07) is 12.0. The Balaban J connectivity index is 2.27. The van der Waals surface area contributed by atoms with Crippen LogP contribution in [0.4, 0.5) is 0 Å². The Morgan fingerprint density at radius 1 is 1.40 bits per heavy atom. The van der Waals surface area contributed by atoms with Crippen LogP contribution in [0, 0.1) is 11.6 Å². The molecule has 6 heteroatoms. The predicted octanol–water partition coefficient (Wildman–Crippen LogP) is 1.50. The fourth-order valence-corrected chi connectivity index (χ4v) is 2.16. The third-order valence-corrected chi connectivity index (χ3v) is 3.31. The average Bonchev–Trinajstić information content (AvgIpc) is 2.45. The van der Waals surface area contributed by atoms with Crippen molar-refractivity contribution in [2.45, 2.75) is 19.9 Å². The Morgan fingerprint density at radius 3 is 2.75 bits per heavy atom. The Labute approximate surface area is 122 Å². The van der Waals surface area contributed by atoms with E-state index in [4.69, 9.17) is 18.1 Å². The number of nitrogens with two attached hydrogens (primary N) is 1. The van der Waals surface area contributed by atoms with Gasteiger partial charge in [0.1, 0.15) is 11.2 Å². The minimum absolute atomic E-state index is 0.0296. The lowest BCUT2D eigenvalue weighted by Crippen LogP contribution is -2.34. The van der Waals surface area contributed by atoms with Crippen LogP contribution in [0.5, 0.6) is 0 Å². The van der Waals surface area contributed by atoms with E-state index in [0.717, 1.165) is 17.7 Å². The molecule has 2 rings (SSSR count). The van der Waals surface area contributed by atoms with Crippen molar-refractivity contribution < 1.29 is 4.79 Å². The Morgan fingerprint density at radius 2 is 2.10 bits per heavy atom. The topological polar surface area (TPSA) is 72.9 Å². The fourth-order valence-electron chi connectivity index (χ4n) is 1.91. The van der Waals surface area contributed by atoms with Crippen LogP contribution in [0.1, 0.15) is 16.8 Å². The lowest BCUT2D eigenvalue weighted by Gasteiger charge is -2.10. The number of nitrogens with zero attached hydrogens (tertiary/aromatic N) is 2. The van der Waals surface area contributed by atoms with E-state index in [9.17, 15) is 4.79 Å². The molecule has 0 radical (unpaired) electrons. The van der Waals surface area contributed by atoms with Crippen molar-refractivity contribution >= 4 is 18.1 Å². The second kappa shape index (κ2) is 6.40. The van der Waals surface area contributed by atoms with E-state index in [1.807, 2.05) is 31.2 Å². The zero-order chi connectivity index (χ0) is 14.5. The number of amides is 1. The van der Waals surface area contributed by atoms with Crippen molar-refractivity contribution in [2.75, 3.05) is 0 Å².